The van der Waals surface area contributed by atoms with Crippen molar-refractivity contribution in [3.63, 3.8) is 0 Å². The Morgan fingerprint density at radius 2 is 0.910 bits per heavy atom. The van der Waals surface area contributed by atoms with Gasteiger partial charge in [-0.3, -0.25) is 24.2 Å². The summed E-state index contributed by atoms with van der Waals surface area (Å²) in [4.78, 5) is 63.8. The van der Waals surface area contributed by atoms with Crippen molar-refractivity contribution < 1.29 is 93.9 Å². The first-order chi connectivity index (χ1) is 48.9. The first-order valence-corrected chi connectivity index (χ1v) is 34.6. The molecule has 1 aliphatic heterocycles. The van der Waals surface area contributed by atoms with Crippen molar-refractivity contribution in [3.05, 3.63) is 148 Å². The molecule has 1 saturated heterocycles. The van der Waals surface area contributed by atoms with Gasteiger partial charge in [-0.2, -0.15) is 13.2 Å². The standard InChI is InChI=1S/C74H103F3N6O17/c1-4-81(5-2)66-19-20-68(67(57-66)69-56-63(21-23-78-69)71(85)79-58-61-13-8-18-65(55-61)74(75,76)77)80-72(86)62-16-6-11-59(53-62)14-9-28-89-33-36-93-41-43-95-38-35-91-30-22-70(84)82-24-26-83(27-25-82)73(87)64-17-7-12-60(54-64)15-10-29-90-34-37-94-42-44-97-47-48-99-51-52-100-50-49-98-46-45-96-40-39-92-32-31-88-3/h6-8,11-13,16-21,23,53-57H,4-5,9-10,14-15,22,24-52,58H2,1-3H3,(H,79,85)(H,80,86). The van der Waals surface area contributed by atoms with Gasteiger partial charge in [0.25, 0.3) is 17.7 Å². The Morgan fingerprint density at radius 1 is 0.470 bits per heavy atom. The number of pyridine rings is 1. The first kappa shape index (κ1) is 81.9. The lowest BCUT2D eigenvalue weighted by Crippen LogP contribution is -2.50. The number of hydrogen-bond acceptors (Lipinski definition) is 19. The lowest BCUT2D eigenvalue weighted by molar-refractivity contribution is -0.137. The minimum Gasteiger partial charge on any atom is -0.382 e. The van der Waals surface area contributed by atoms with Crippen LogP contribution in [0, 0.1) is 0 Å². The van der Waals surface area contributed by atoms with E-state index in [0.717, 1.165) is 61.3 Å². The van der Waals surface area contributed by atoms with E-state index in [0.29, 0.717) is 225 Å². The Hall–Kier alpha value is -7.02. The topological polar surface area (TPSA) is 235 Å². The maximum atomic E-state index is 13.8. The number of carbonyl (C=O) groups excluding carboxylic acids is 4. The predicted octanol–water partition coefficient (Wildman–Crippen LogP) is 8.88. The molecule has 23 nitrogen and oxygen atoms in total. The third kappa shape index (κ3) is 32.7. The molecule has 26 heteroatoms. The van der Waals surface area contributed by atoms with Crippen LogP contribution in [0.2, 0.25) is 0 Å². The number of carbonyl (C=O) groups is 4. The maximum Gasteiger partial charge on any atom is 0.416 e. The molecule has 0 radical (unpaired) electrons. The molecule has 552 valence electrons. The number of aromatic nitrogens is 1. The lowest BCUT2D eigenvalue weighted by atomic mass is 10.0. The summed E-state index contributed by atoms with van der Waals surface area (Å²) in [6.07, 6.45) is 0.206. The summed E-state index contributed by atoms with van der Waals surface area (Å²) in [6, 6.07) is 28.7. The molecule has 0 aliphatic carbocycles. The summed E-state index contributed by atoms with van der Waals surface area (Å²) < 4.78 is 112. The number of piperazine rings is 1. The van der Waals surface area contributed by atoms with Gasteiger partial charge >= 0.3 is 6.18 Å². The normalized spacial score (nSPS) is 12.5. The molecule has 0 saturated carbocycles. The van der Waals surface area contributed by atoms with Gasteiger partial charge in [-0.15, -0.1) is 0 Å². The zero-order valence-corrected chi connectivity index (χ0v) is 58.4. The van der Waals surface area contributed by atoms with Crippen LogP contribution < -0.4 is 15.5 Å². The van der Waals surface area contributed by atoms with E-state index >= 15 is 0 Å². The van der Waals surface area contributed by atoms with Crippen LogP contribution in [0.5, 0.6) is 0 Å². The summed E-state index contributed by atoms with van der Waals surface area (Å²) in [5.41, 5.74) is 5.27. The predicted molar refractivity (Wildman–Crippen MR) is 372 cm³/mol. The van der Waals surface area contributed by atoms with Gasteiger partial charge in [-0.05, 0) is 123 Å². The zero-order valence-electron chi connectivity index (χ0n) is 58.4. The van der Waals surface area contributed by atoms with Crippen molar-refractivity contribution in [2.45, 2.75) is 58.7 Å². The minimum atomic E-state index is -4.51. The fourth-order valence-electron chi connectivity index (χ4n) is 10.4. The second-order valence-corrected chi connectivity index (χ2v) is 23.0. The summed E-state index contributed by atoms with van der Waals surface area (Å²) in [5.74, 6) is -0.874. The van der Waals surface area contributed by atoms with Crippen LogP contribution in [0.4, 0.5) is 24.5 Å². The molecule has 0 bridgehead atoms. The molecule has 0 atom stereocenters. The molecule has 100 heavy (non-hydrogen) atoms. The van der Waals surface area contributed by atoms with E-state index in [2.05, 4.69) is 20.5 Å². The van der Waals surface area contributed by atoms with Crippen LogP contribution in [-0.4, -0.2) is 250 Å². The minimum absolute atomic E-state index is 0.00906. The number of aryl methyl sites for hydroxylation is 2. The Kier molecular flexibility index (Phi) is 40.6. The van der Waals surface area contributed by atoms with Crippen LogP contribution in [0.1, 0.15) is 86.4 Å². The number of amides is 4. The highest BCUT2D eigenvalue weighted by Gasteiger charge is 2.30. The van der Waals surface area contributed by atoms with E-state index in [-0.39, 0.29) is 42.9 Å². The Bertz CT molecular complexity index is 3100. The quantitative estimate of drug-likeness (QED) is 0.0346. The van der Waals surface area contributed by atoms with Crippen molar-refractivity contribution in [2.24, 2.45) is 0 Å². The van der Waals surface area contributed by atoms with Crippen molar-refractivity contribution >= 4 is 35.0 Å². The lowest BCUT2D eigenvalue weighted by Gasteiger charge is -2.35. The summed E-state index contributed by atoms with van der Waals surface area (Å²) >= 11 is 0. The number of anilines is 2. The van der Waals surface area contributed by atoms with Crippen molar-refractivity contribution in [1.29, 1.82) is 0 Å². The monoisotopic (exact) mass is 1400 g/mol. The van der Waals surface area contributed by atoms with Crippen LogP contribution in [0.3, 0.4) is 0 Å². The molecule has 1 aromatic heterocycles. The van der Waals surface area contributed by atoms with E-state index in [1.54, 1.807) is 29.0 Å². The van der Waals surface area contributed by atoms with E-state index in [9.17, 15) is 32.3 Å². The number of rotatable bonds is 54. The molecule has 2 N–H and O–H groups in total. The average Bonchev–Trinajstić information content (AvgIpc) is 0.817. The molecule has 6 rings (SSSR count). The number of methoxy groups -OCH3 is 1. The fraction of sp³-hybridized carbons (Fsp3) is 0.554. The first-order valence-electron chi connectivity index (χ1n) is 34.6. The third-order valence-electron chi connectivity index (χ3n) is 15.8. The molecule has 5 aromatic rings. The van der Waals surface area contributed by atoms with Gasteiger partial charge in [0.2, 0.25) is 5.91 Å². The van der Waals surface area contributed by atoms with Crippen LogP contribution in [-0.2, 0) is 91.9 Å². The van der Waals surface area contributed by atoms with Crippen LogP contribution >= 0.6 is 0 Å². The van der Waals surface area contributed by atoms with Gasteiger partial charge in [0.1, 0.15) is 0 Å². The molecule has 0 spiro atoms. The summed E-state index contributed by atoms with van der Waals surface area (Å²) in [5, 5.41) is 5.76. The molecule has 4 aromatic carbocycles. The van der Waals surface area contributed by atoms with Gasteiger partial charge in [0, 0.05) is 100 Å². The number of nitrogens with zero attached hydrogens (tertiary/aromatic N) is 4. The molecule has 0 unspecified atom stereocenters. The fourth-order valence-corrected chi connectivity index (χ4v) is 10.4. The molecule has 1 fully saturated rings. The second-order valence-electron chi connectivity index (χ2n) is 23.0. The molecular formula is C74H103F3N6O17. The Morgan fingerprint density at radius 3 is 1.41 bits per heavy atom. The molecule has 2 heterocycles. The summed E-state index contributed by atoms with van der Waals surface area (Å²) in [6.45, 7) is 18.9. The highest BCUT2D eigenvalue weighted by Crippen LogP contribution is 2.33. The molecule has 4 amide bonds. The Labute approximate surface area is 586 Å². The maximum absolute atomic E-state index is 13.8. The van der Waals surface area contributed by atoms with Crippen LogP contribution in [0.25, 0.3) is 11.3 Å². The van der Waals surface area contributed by atoms with Crippen LogP contribution in [0.15, 0.2) is 109 Å². The SMILES string of the molecule is CCN(CC)c1ccc(NC(=O)c2cccc(CCCOCCOCCOCCOCCC(=O)N3CCN(C(=O)c4cccc(CCCOCCOCCOCCOCCOCCOCCOCCOCCOC)c4)CC3)c2)c(-c2cc(C(=O)NCc3cccc(C(F)(F)F)c3)ccn2)c1. The number of hydrogen-bond donors (Lipinski definition) is 2. The smallest absolute Gasteiger partial charge is 0.382 e. The highest BCUT2D eigenvalue weighted by molar-refractivity contribution is 6.07. The number of benzene rings is 4. The number of ether oxygens (including phenoxy) is 13. The third-order valence-corrected chi connectivity index (χ3v) is 15.8. The largest absolute Gasteiger partial charge is 0.416 e. The zero-order chi connectivity index (χ0) is 71.1. The molecular weight excluding hydrogens is 1300 g/mol. The van der Waals surface area contributed by atoms with Gasteiger partial charge < -0.3 is 86.9 Å². The average molecular weight is 1410 g/mol. The highest BCUT2D eigenvalue weighted by atomic mass is 19.4. The van der Waals surface area contributed by atoms with E-state index < -0.39 is 17.6 Å². The summed E-state index contributed by atoms with van der Waals surface area (Å²) in [7, 11) is 1.64. The van der Waals surface area contributed by atoms with E-state index in [1.807, 2.05) is 74.5 Å². The van der Waals surface area contributed by atoms with Gasteiger partial charge in [0.05, 0.1) is 175 Å². The van der Waals surface area contributed by atoms with E-state index in [1.165, 1.54) is 24.4 Å². The number of alkyl halides is 3. The number of nitrogens with one attached hydrogen (secondary N) is 2. The van der Waals surface area contributed by atoms with E-state index in [4.69, 9.17) is 61.6 Å². The van der Waals surface area contributed by atoms with Crippen molar-refractivity contribution in [2.75, 3.05) is 222 Å². The Balaban J connectivity index is 0.725. The van der Waals surface area contributed by atoms with Gasteiger partial charge in [-0.1, -0.05) is 36.4 Å². The van der Waals surface area contributed by atoms with Gasteiger partial charge in [-0.25, -0.2) is 0 Å². The number of halogens is 3. The van der Waals surface area contributed by atoms with Gasteiger partial charge in [0.15, 0.2) is 0 Å². The van der Waals surface area contributed by atoms with Crippen molar-refractivity contribution in [3.8, 4) is 11.3 Å². The second kappa shape index (κ2) is 49.5. The van der Waals surface area contributed by atoms with Crippen molar-refractivity contribution in [1.82, 2.24) is 20.1 Å². The molecule has 1 aliphatic rings.